The molecule has 1 N–H and O–H groups in total. The Labute approximate surface area is 186 Å². The number of carbonyl (C=O) groups excluding carboxylic acids is 2. The Hall–Kier alpha value is -2.62. The first-order chi connectivity index (χ1) is 14.5. The highest BCUT2D eigenvalue weighted by atomic mass is 16.5. The monoisotopic (exact) mass is 421 g/mol. The smallest absolute Gasteiger partial charge is 0.311 e. The number of nitrogens with one attached hydrogen (secondary N) is 1. The van der Waals surface area contributed by atoms with Crippen LogP contribution in [0.1, 0.15) is 76.2 Å². The fraction of sp³-hybridized carbons (Fsp3) is 0.481. The first-order valence-electron chi connectivity index (χ1n) is 11.1. The summed E-state index contributed by atoms with van der Waals surface area (Å²) < 4.78 is 4.98. The molecule has 3 rings (SSSR count). The Morgan fingerprint density at radius 3 is 2.03 bits per heavy atom. The molecule has 0 radical (unpaired) electrons. The first-order valence-corrected chi connectivity index (χ1v) is 11.1. The predicted molar refractivity (Wildman–Crippen MR) is 125 cm³/mol. The van der Waals surface area contributed by atoms with E-state index in [0.717, 1.165) is 24.0 Å². The van der Waals surface area contributed by atoms with Crippen molar-refractivity contribution in [2.45, 2.75) is 71.3 Å². The lowest BCUT2D eigenvalue weighted by Gasteiger charge is -2.42. The first kappa shape index (κ1) is 23.1. The molecule has 1 saturated carbocycles. The van der Waals surface area contributed by atoms with Gasteiger partial charge in [0.15, 0.2) is 0 Å². The molecule has 0 spiro atoms. The summed E-state index contributed by atoms with van der Waals surface area (Å²) in [7, 11) is 1.44. The molecule has 1 fully saturated rings. The third kappa shape index (κ3) is 5.00. The SMILES string of the molecule is COC(=O)C1(C)CCC(C)(NC(=O)c2ccccc2-c2ccc(C(C)(C)C)cc2)CC1. The normalized spacial score (nSPS) is 23.8. The van der Waals surface area contributed by atoms with Crippen molar-refractivity contribution in [3.63, 3.8) is 0 Å². The van der Waals surface area contributed by atoms with E-state index >= 15 is 0 Å². The molecule has 0 unspecified atom stereocenters. The second-order valence-electron chi connectivity index (χ2n) is 10.4. The van der Waals surface area contributed by atoms with Crippen LogP contribution in [-0.2, 0) is 14.9 Å². The zero-order valence-electron chi connectivity index (χ0n) is 19.7. The highest BCUT2D eigenvalue weighted by Gasteiger charge is 2.43. The average molecular weight is 422 g/mol. The lowest BCUT2D eigenvalue weighted by Crippen LogP contribution is -2.51. The molecule has 1 aliphatic rings. The Bertz CT molecular complexity index is 945. The van der Waals surface area contributed by atoms with Crippen molar-refractivity contribution in [2.24, 2.45) is 5.41 Å². The van der Waals surface area contributed by atoms with Crippen LogP contribution in [0.4, 0.5) is 0 Å². The van der Waals surface area contributed by atoms with Crippen LogP contribution in [0, 0.1) is 5.41 Å². The molecular formula is C27H35NO3. The molecule has 0 atom stereocenters. The van der Waals surface area contributed by atoms with E-state index < -0.39 is 5.41 Å². The largest absolute Gasteiger partial charge is 0.469 e. The van der Waals surface area contributed by atoms with Crippen molar-refractivity contribution in [3.8, 4) is 11.1 Å². The van der Waals surface area contributed by atoms with Gasteiger partial charge in [0.05, 0.1) is 12.5 Å². The minimum absolute atomic E-state index is 0.0698. The van der Waals surface area contributed by atoms with Crippen LogP contribution in [0.2, 0.25) is 0 Å². The molecule has 4 nitrogen and oxygen atoms in total. The van der Waals surface area contributed by atoms with Gasteiger partial charge in [0.2, 0.25) is 0 Å². The van der Waals surface area contributed by atoms with Crippen LogP contribution in [0.3, 0.4) is 0 Å². The molecule has 2 aromatic rings. The summed E-state index contributed by atoms with van der Waals surface area (Å²) in [5.74, 6) is -0.232. The van der Waals surface area contributed by atoms with Gasteiger partial charge in [-0.3, -0.25) is 9.59 Å². The van der Waals surface area contributed by atoms with Gasteiger partial charge in [0.25, 0.3) is 5.91 Å². The number of methoxy groups -OCH3 is 1. The summed E-state index contributed by atoms with van der Waals surface area (Å²) in [5.41, 5.74) is 3.18. The molecule has 0 bridgehead atoms. The zero-order chi connectivity index (χ0) is 22.9. The van der Waals surface area contributed by atoms with E-state index in [9.17, 15) is 9.59 Å². The van der Waals surface area contributed by atoms with E-state index in [1.54, 1.807) is 0 Å². The number of rotatable bonds is 4. The molecule has 0 heterocycles. The van der Waals surface area contributed by atoms with E-state index in [2.05, 4.69) is 57.3 Å². The van der Waals surface area contributed by atoms with Gasteiger partial charge in [0.1, 0.15) is 0 Å². The molecule has 1 aliphatic carbocycles. The maximum absolute atomic E-state index is 13.3. The molecule has 166 valence electrons. The molecule has 4 heteroatoms. The predicted octanol–water partition coefficient (Wildman–Crippen LogP) is 5.89. The van der Waals surface area contributed by atoms with Crippen LogP contribution in [0.15, 0.2) is 48.5 Å². The van der Waals surface area contributed by atoms with E-state index in [4.69, 9.17) is 4.74 Å². The lowest BCUT2D eigenvalue weighted by molar-refractivity contribution is -0.154. The number of ether oxygens (including phenoxy) is 1. The number of benzene rings is 2. The van der Waals surface area contributed by atoms with E-state index in [1.165, 1.54) is 12.7 Å². The van der Waals surface area contributed by atoms with Crippen LogP contribution < -0.4 is 5.32 Å². The number of carbonyl (C=O) groups is 2. The Balaban J connectivity index is 1.79. The zero-order valence-corrected chi connectivity index (χ0v) is 19.7. The lowest BCUT2D eigenvalue weighted by atomic mass is 9.69. The van der Waals surface area contributed by atoms with E-state index in [-0.39, 0.29) is 22.8 Å². The van der Waals surface area contributed by atoms with Crippen molar-refractivity contribution >= 4 is 11.9 Å². The molecule has 0 aliphatic heterocycles. The van der Waals surface area contributed by atoms with Crippen molar-refractivity contribution in [2.75, 3.05) is 7.11 Å². The van der Waals surface area contributed by atoms with Crippen LogP contribution in [-0.4, -0.2) is 24.5 Å². The molecule has 2 aromatic carbocycles. The minimum Gasteiger partial charge on any atom is -0.469 e. The second-order valence-corrected chi connectivity index (χ2v) is 10.4. The maximum Gasteiger partial charge on any atom is 0.311 e. The van der Waals surface area contributed by atoms with Crippen LogP contribution in [0.5, 0.6) is 0 Å². The van der Waals surface area contributed by atoms with Crippen molar-refractivity contribution in [1.29, 1.82) is 0 Å². The average Bonchev–Trinajstić information content (AvgIpc) is 2.75. The molecule has 0 saturated heterocycles. The fourth-order valence-corrected chi connectivity index (χ4v) is 4.35. The topological polar surface area (TPSA) is 55.4 Å². The van der Waals surface area contributed by atoms with Gasteiger partial charge < -0.3 is 10.1 Å². The number of esters is 1. The Morgan fingerprint density at radius 2 is 1.48 bits per heavy atom. The third-order valence-electron chi connectivity index (χ3n) is 6.78. The fourth-order valence-electron chi connectivity index (χ4n) is 4.35. The van der Waals surface area contributed by atoms with Gasteiger partial charge in [-0.1, -0.05) is 63.2 Å². The molecular weight excluding hydrogens is 386 g/mol. The van der Waals surface area contributed by atoms with Crippen molar-refractivity contribution < 1.29 is 14.3 Å². The summed E-state index contributed by atoms with van der Waals surface area (Å²) in [6, 6.07) is 16.2. The quantitative estimate of drug-likeness (QED) is 0.626. The molecule has 0 aromatic heterocycles. The van der Waals surface area contributed by atoms with Gasteiger partial charge in [0, 0.05) is 11.1 Å². The van der Waals surface area contributed by atoms with E-state index in [0.29, 0.717) is 18.4 Å². The molecule has 1 amide bonds. The van der Waals surface area contributed by atoms with Crippen LogP contribution >= 0.6 is 0 Å². The van der Waals surface area contributed by atoms with Gasteiger partial charge in [-0.2, -0.15) is 0 Å². The van der Waals surface area contributed by atoms with Gasteiger partial charge in [-0.05, 0) is 67.7 Å². The Kier molecular flexibility index (Phi) is 6.31. The Morgan fingerprint density at radius 1 is 0.903 bits per heavy atom. The second kappa shape index (κ2) is 8.49. The minimum atomic E-state index is -0.467. The number of amides is 1. The standard InChI is InChI=1S/C27H35NO3/c1-25(2,3)20-13-11-19(12-14-20)21-9-7-8-10-22(21)23(29)28-27(5)17-15-26(4,16-18-27)24(30)31-6/h7-14H,15-18H2,1-6H3,(H,28,29). The third-order valence-corrected chi connectivity index (χ3v) is 6.78. The maximum atomic E-state index is 13.3. The summed E-state index contributed by atoms with van der Waals surface area (Å²) in [4.78, 5) is 25.4. The van der Waals surface area contributed by atoms with Crippen molar-refractivity contribution in [1.82, 2.24) is 5.32 Å². The highest BCUT2D eigenvalue weighted by molar-refractivity contribution is 6.01. The number of hydrogen-bond acceptors (Lipinski definition) is 3. The summed E-state index contributed by atoms with van der Waals surface area (Å²) >= 11 is 0. The number of hydrogen-bond donors (Lipinski definition) is 1. The summed E-state index contributed by atoms with van der Waals surface area (Å²) in [6.07, 6.45) is 2.89. The van der Waals surface area contributed by atoms with Crippen molar-refractivity contribution in [3.05, 3.63) is 59.7 Å². The van der Waals surface area contributed by atoms with E-state index in [1.807, 2.05) is 31.2 Å². The van der Waals surface area contributed by atoms with Gasteiger partial charge in [-0.15, -0.1) is 0 Å². The van der Waals surface area contributed by atoms with Gasteiger partial charge >= 0.3 is 5.97 Å². The molecule has 31 heavy (non-hydrogen) atoms. The van der Waals surface area contributed by atoms with Crippen LogP contribution in [0.25, 0.3) is 11.1 Å². The summed E-state index contributed by atoms with van der Waals surface area (Å²) in [5, 5.41) is 3.26. The highest BCUT2D eigenvalue weighted by Crippen LogP contribution is 2.41. The summed E-state index contributed by atoms with van der Waals surface area (Å²) in [6.45, 7) is 10.6. The van der Waals surface area contributed by atoms with Gasteiger partial charge in [-0.25, -0.2) is 0 Å².